The number of phenolic OH excluding ortho intramolecular Hbond substituents is 2. The molecular weight excluding hydrogens is 1290 g/mol. The Morgan fingerprint density at radius 1 is 0.469 bits per heavy atom. The maximum atomic E-state index is 13.0. The fraction of sp³-hybridized carbons (Fsp3) is 0.424. The highest BCUT2D eigenvalue weighted by molar-refractivity contribution is 7.99. The van der Waals surface area contributed by atoms with Gasteiger partial charge in [-0.05, 0) is 119 Å². The molecule has 2 heterocycles. The Labute approximate surface area is 560 Å². The summed E-state index contributed by atoms with van der Waals surface area (Å²) in [6.45, 7) is 1.28. The molecule has 96 heavy (non-hydrogen) atoms. The average Bonchev–Trinajstić information content (AvgIpc) is 0.785. The smallest absolute Gasteiger partial charge is 0.364 e. The number of aliphatic carboxylic acids is 2. The second kappa shape index (κ2) is 35.7. The number of thioether (sulfide) groups is 2. The van der Waals surface area contributed by atoms with Crippen LogP contribution in [0.2, 0.25) is 0 Å². The van der Waals surface area contributed by atoms with Crippen LogP contribution in [0.15, 0.2) is 121 Å². The Hall–Kier alpha value is -8.24. The zero-order valence-corrected chi connectivity index (χ0v) is 54.0. The number of phenols is 2. The predicted octanol–water partition coefficient (Wildman–Crippen LogP) is 1.35. The molecule has 6 amide bonds. The molecule has 12 atom stereocenters. The zero-order valence-electron chi connectivity index (χ0n) is 52.4. The zero-order chi connectivity index (χ0) is 69.7. The first-order valence-corrected chi connectivity index (χ1v) is 33.0. The van der Waals surface area contributed by atoms with Gasteiger partial charge in [0, 0.05) is 86.6 Å². The average molecular weight is 1370 g/mol. The number of amides is 6. The number of carboxylic acid groups (broad SMARTS) is 2. The third-order valence-electron chi connectivity index (χ3n) is 15.6. The van der Waals surface area contributed by atoms with Crippen molar-refractivity contribution in [2.45, 2.75) is 112 Å². The van der Waals surface area contributed by atoms with Crippen LogP contribution in [0, 0.1) is 0 Å². The van der Waals surface area contributed by atoms with Crippen LogP contribution in [-0.2, 0) is 38.1 Å². The molecule has 0 unspecified atom stereocenters. The van der Waals surface area contributed by atoms with Gasteiger partial charge in [0.1, 0.15) is 35.9 Å². The third-order valence-corrected chi connectivity index (χ3v) is 17.8. The predicted molar refractivity (Wildman–Crippen MR) is 350 cm³/mol. The number of hydrogen-bond donors (Lipinski definition) is 16. The van der Waals surface area contributed by atoms with Gasteiger partial charge in [-0.25, -0.2) is 9.59 Å². The lowest BCUT2D eigenvalue weighted by Crippen LogP contribution is -2.68. The fourth-order valence-corrected chi connectivity index (χ4v) is 12.1. The van der Waals surface area contributed by atoms with Crippen molar-refractivity contribution in [2.24, 2.45) is 0 Å². The van der Waals surface area contributed by atoms with Gasteiger partial charge in [-0.3, -0.25) is 28.8 Å². The summed E-state index contributed by atoms with van der Waals surface area (Å²) in [4.78, 5) is 102. The van der Waals surface area contributed by atoms with E-state index in [1.807, 2.05) is 0 Å². The molecule has 2 aliphatic rings. The molecule has 5 aromatic carbocycles. The van der Waals surface area contributed by atoms with Gasteiger partial charge in [0.15, 0.2) is 0 Å². The van der Waals surface area contributed by atoms with Crippen LogP contribution in [-0.4, -0.2) is 233 Å². The molecule has 0 aromatic heterocycles. The lowest BCUT2D eigenvalue weighted by atomic mass is 9.88. The third kappa shape index (κ3) is 20.9. The van der Waals surface area contributed by atoms with Crippen LogP contribution in [0.3, 0.4) is 0 Å². The van der Waals surface area contributed by atoms with Crippen LogP contribution in [0.25, 0.3) is 22.3 Å². The SMILES string of the molecule is CC(=O)N[C@H]1[C@H]([C@H](O)[C@H](O)CNC(=O)c2ccc(-c3ccc(O)cc3)cc2)O[C@@](OCCCSCCNC(=O)c2ccc(C(=O)NCCSCCCO[C@]3(C(=O)O)C[C@H](O)[C@@H](NC(C)=O)[C@H]([C@H](O)[C@@H](O)CNC(=O)c4ccc(-c5ccc(O)cc5)cc4)O3)cc2)(C(=O)O)C[C@@H]1O. The van der Waals surface area contributed by atoms with Gasteiger partial charge in [-0.2, -0.15) is 23.5 Å². The molecule has 0 spiro atoms. The van der Waals surface area contributed by atoms with Crippen LogP contribution >= 0.6 is 23.5 Å². The van der Waals surface area contributed by atoms with E-state index in [1.54, 1.807) is 48.5 Å². The first-order chi connectivity index (χ1) is 45.8. The maximum absolute atomic E-state index is 13.0. The molecule has 0 aliphatic carbocycles. The Bertz CT molecular complexity index is 3210. The number of benzene rings is 5. The van der Waals surface area contributed by atoms with Gasteiger partial charge in [0.25, 0.3) is 35.2 Å². The fourth-order valence-electron chi connectivity index (χ4n) is 10.6. The Morgan fingerprint density at radius 2 is 0.760 bits per heavy atom. The molecule has 7 rings (SSSR count). The highest BCUT2D eigenvalue weighted by Crippen LogP contribution is 2.36. The lowest BCUT2D eigenvalue weighted by Gasteiger charge is -2.46. The van der Waals surface area contributed by atoms with E-state index in [0.717, 1.165) is 36.1 Å². The molecule has 0 bridgehead atoms. The van der Waals surface area contributed by atoms with Gasteiger partial charge in [-0.15, -0.1) is 0 Å². The molecule has 30 heteroatoms. The van der Waals surface area contributed by atoms with Crippen LogP contribution in [0.1, 0.15) is 81.0 Å². The van der Waals surface area contributed by atoms with Gasteiger partial charge in [-0.1, -0.05) is 48.5 Å². The highest BCUT2D eigenvalue weighted by atomic mass is 32.2. The number of aromatic hydroxyl groups is 2. The van der Waals surface area contributed by atoms with E-state index in [9.17, 15) is 89.4 Å². The van der Waals surface area contributed by atoms with Crippen LogP contribution < -0.4 is 31.9 Å². The van der Waals surface area contributed by atoms with E-state index in [1.165, 1.54) is 96.3 Å². The van der Waals surface area contributed by atoms with Crippen molar-refractivity contribution in [3.05, 3.63) is 144 Å². The summed E-state index contributed by atoms with van der Waals surface area (Å²) in [5, 5.41) is 122. The summed E-state index contributed by atoms with van der Waals surface area (Å²) in [6.07, 6.45) is -14.9. The van der Waals surface area contributed by atoms with Crippen molar-refractivity contribution in [1.29, 1.82) is 0 Å². The summed E-state index contributed by atoms with van der Waals surface area (Å²) >= 11 is 2.82. The number of aliphatic hydroxyl groups is 6. The molecule has 5 aromatic rings. The quantitative estimate of drug-likeness (QED) is 0.0258. The molecule has 2 fully saturated rings. The van der Waals surface area contributed by atoms with Crippen molar-refractivity contribution >= 4 is 70.9 Å². The van der Waals surface area contributed by atoms with Gasteiger partial charge in [0.05, 0.1) is 49.7 Å². The van der Waals surface area contributed by atoms with Crippen molar-refractivity contribution in [1.82, 2.24) is 31.9 Å². The lowest BCUT2D eigenvalue weighted by molar-refractivity contribution is -0.310. The number of nitrogens with one attached hydrogen (secondary N) is 6. The van der Waals surface area contributed by atoms with E-state index in [2.05, 4.69) is 31.9 Å². The molecule has 2 aliphatic heterocycles. The Balaban J connectivity index is 0.774. The van der Waals surface area contributed by atoms with Crippen molar-refractivity contribution in [3.63, 3.8) is 0 Å². The number of carboxylic acids is 2. The normalized spacial score (nSPS) is 22.0. The molecule has 518 valence electrons. The van der Waals surface area contributed by atoms with E-state index in [0.29, 0.717) is 23.0 Å². The van der Waals surface area contributed by atoms with Crippen LogP contribution in [0.4, 0.5) is 0 Å². The molecule has 0 radical (unpaired) electrons. The Morgan fingerprint density at radius 3 is 1.06 bits per heavy atom. The van der Waals surface area contributed by atoms with Gasteiger partial charge in [0.2, 0.25) is 11.8 Å². The second-order valence-corrected chi connectivity index (χ2v) is 25.2. The van der Waals surface area contributed by atoms with Crippen molar-refractivity contribution in [2.75, 3.05) is 62.4 Å². The number of carbonyl (C=O) groups excluding carboxylic acids is 6. The summed E-state index contributed by atoms with van der Waals surface area (Å²) in [5.74, 6) is -9.69. The maximum Gasteiger partial charge on any atom is 0.364 e. The molecule has 28 nitrogen and oxygen atoms in total. The van der Waals surface area contributed by atoms with E-state index in [4.69, 9.17) is 18.9 Å². The molecule has 2 saturated heterocycles. The van der Waals surface area contributed by atoms with Crippen molar-refractivity contribution < 1.29 is 108 Å². The minimum Gasteiger partial charge on any atom is -0.508 e. The first kappa shape index (κ1) is 75.1. The number of rotatable bonds is 34. The second-order valence-electron chi connectivity index (χ2n) is 22.8. The van der Waals surface area contributed by atoms with Crippen LogP contribution in [0.5, 0.6) is 11.5 Å². The topological polar surface area (TPSA) is 448 Å². The molecule has 16 N–H and O–H groups in total. The van der Waals surface area contributed by atoms with E-state index in [-0.39, 0.29) is 72.9 Å². The minimum atomic E-state index is -2.51. The number of hydrogen-bond acceptors (Lipinski definition) is 22. The standard InChI is InChI=1S/C66H80N6O22S2/c1-37(73)71-53-49(77)33-65(63(87)88,93-57(53)55(81)51(79)35-69-61(85)45-9-5-39(6-10-45)41-17-21-47(75)22-18-41)91-27-3-29-95-31-25-67-59(83)43-13-15-44(16-14-43)60(84)68-26-32-96-30-4-28-92-66(64(89)90)34-50(78)54(72-38(2)74)58(94-66)56(82)52(80)36-70-62(86)46-11-7-40(8-12-46)42-19-23-48(76)24-20-42/h5-24,49-58,75-82H,3-4,25-36H2,1-2H3,(H,67,83)(H,68,84)(H,69,85)(H,70,86)(H,71,73)(H,72,74)(H,87,88)(H,89,90)/t49-,50-,51-,52+,53+,54+,55+,56+,57+,58+,65+,66+/m0/s1. The monoisotopic (exact) mass is 1370 g/mol. The molecular formula is C66H80N6O22S2. The largest absolute Gasteiger partial charge is 0.508 e. The first-order valence-electron chi connectivity index (χ1n) is 30.7. The summed E-state index contributed by atoms with van der Waals surface area (Å²) < 4.78 is 23.1. The van der Waals surface area contributed by atoms with Crippen molar-refractivity contribution in [3.8, 4) is 33.8 Å². The van der Waals surface area contributed by atoms with Gasteiger partial charge >= 0.3 is 11.9 Å². The number of ether oxygens (including phenoxy) is 4. The number of carbonyl (C=O) groups is 8. The molecule has 0 saturated carbocycles. The van der Waals surface area contributed by atoms with Gasteiger partial charge < -0.3 is 102 Å². The summed E-state index contributed by atoms with van der Waals surface area (Å²) in [5.41, 5.74) is 4.11. The Kier molecular flexibility index (Phi) is 27.9. The highest BCUT2D eigenvalue weighted by Gasteiger charge is 2.57. The summed E-state index contributed by atoms with van der Waals surface area (Å²) in [7, 11) is 0. The minimum absolute atomic E-state index is 0.0957. The van der Waals surface area contributed by atoms with E-state index >= 15 is 0 Å². The number of aliphatic hydroxyl groups excluding tert-OH is 6. The van der Waals surface area contributed by atoms with E-state index < -0.39 is 146 Å². The summed E-state index contributed by atoms with van der Waals surface area (Å²) in [6, 6.07) is 29.0.